The van der Waals surface area contributed by atoms with Gasteiger partial charge in [0.15, 0.2) is 5.60 Å². The van der Waals surface area contributed by atoms with Crippen molar-refractivity contribution in [2.24, 2.45) is 0 Å². The second kappa shape index (κ2) is 9.05. The van der Waals surface area contributed by atoms with Gasteiger partial charge in [0, 0.05) is 48.8 Å². The molecule has 9 nitrogen and oxygen atoms in total. The van der Waals surface area contributed by atoms with Gasteiger partial charge in [-0.2, -0.15) is 17.5 Å². The zero-order chi connectivity index (χ0) is 24.6. The largest absolute Gasteiger partial charge is 0.421 e. The molecule has 1 fully saturated rings. The maximum Gasteiger partial charge on any atom is 0.421 e. The van der Waals surface area contributed by atoms with Gasteiger partial charge in [-0.05, 0) is 32.1 Å². The SMILES string of the molecule is CC(Cl)=C[C@H]1CN(S(=O)(=O)c2ccc(N)nc2)CCN1c1ncc([C@](C)(O)C(F)(F)F)cn1. The number of piperazine rings is 1. The molecule has 0 saturated carbocycles. The highest BCUT2D eigenvalue weighted by atomic mass is 35.5. The number of halogens is 4. The number of nitrogens with two attached hydrogens (primary N) is 1. The van der Waals surface area contributed by atoms with Crippen LogP contribution in [0.1, 0.15) is 19.4 Å². The first kappa shape index (κ1) is 25.1. The molecule has 0 aromatic carbocycles. The average molecular weight is 507 g/mol. The first-order valence-electron chi connectivity index (χ1n) is 9.67. The van der Waals surface area contributed by atoms with E-state index in [4.69, 9.17) is 17.3 Å². The molecule has 33 heavy (non-hydrogen) atoms. The number of pyridine rings is 1. The van der Waals surface area contributed by atoms with Crippen LogP contribution in [0, 0.1) is 0 Å². The van der Waals surface area contributed by atoms with Crippen molar-refractivity contribution in [2.75, 3.05) is 30.3 Å². The molecule has 14 heteroatoms. The minimum absolute atomic E-state index is 0.0118. The number of rotatable bonds is 5. The maximum atomic E-state index is 13.1. The quantitative estimate of drug-likeness (QED) is 0.632. The zero-order valence-corrected chi connectivity index (χ0v) is 19.2. The number of aromatic nitrogens is 3. The molecule has 3 heterocycles. The lowest BCUT2D eigenvalue weighted by molar-refractivity contribution is -0.259. The molecule has 1 saturated heterocycles. The van der Waals surface area contributed by atoms with Crippen LogP contribution in [-0.4, -0.2) is 64.6 Å². The maximum absolute atomic E-state index is 13.1. The molecule has 0 aliphatic carbocycles. The number of aliphatic hydroxyl groups is 1. The Bertz CT molecular complexity index is 1120. The topological polar surface area (TPSA) is 126 Å². The van der Waals surface area contributed by atoms with Crippen molar-refractivity contribution in [2.45, 2.75) is 36.6 Å². The molecular formula is C19H22ClF3N6O3S. The van der Waals surface area contributed by atoms with Gasteiger partial charge in [-0.3, -0.25) is 0 Å². The molecule has 180 valence electrons. The molecule has 3 rings (SSSR count). The van der Waals surface area contributed by atoms with E-state index in [2.05, 4.69) is 15.0 Å². The molecule has 2 aromatic heterocycles. The number of anilines is 2. The molecule has 3 N–H and O–H groups in total. The Morgan fingerprint density at radius 2 is 1.85 bits per heavy atom. The summed E-state index contributed by atoms with van der Waals surface area (Å²) in [5.74, 6) is 0.254. The van der Waals surface area contributed by atoms with Gasteiger partial charge in [0.05, 0.1) is 6.04 Å². The number of alkyl halides is 3. The van der Waals surface area contributed by atoms with Crippen LogP contribution < -0.4 is 10.6 Å². The van der Waals surface area contributed by atoms with Crippen LogP contribution in [0.2, 0.25) is 0 Å². The van der Waals surface area contributed by atoms with Gasteiger partial charge in [0.25, 0.3) is 0 Å². The van der Waals surface area contributed by atoms with E-state index in [9.17, 15) is 26.7 Å². The van der Waals surface area contributed by atoms with Gasteiger partial charge < -0.3 is 15.7 Å². The van der Waals surface area contributed by atoms with E-state index in [1.165, 1.54) is 22.6 Å². The van der Waals surface area contributed by atoms with E-state index in [1.807, 2.05) is 0 Å². The normalized spacial score (nSPS) is 20.5. The van der Waals surface area contributed by atoms with Crippen molar-refractivity contribution >= 4 is 33.4 Å². The van der Waals surface area contributed by atoms with E-state index >= 15 is 0 Å². The summed E-state index contributed by atoms with van der Waals surface area (Å²) in [5.41, 5.74) is 1.90. The molecule has 1 aliphatic rings. The number of allylic oxidation sites excluding steroid dienone is 1. The zero-order valence-electron chi connectivity index (χ0n) is 17.7. The molecule has 0 radical (unpaired) electrons. The summed E-state index contributed by atoms with van der Waals surface area (Å²) in [6.07, 6.45) is -0.340. The number of sulfonamides is 1. The highest BCUT2D eigenvalue weighted by Crippen LogP contribution is 2.38. The van der Waals surface area contributed by atoms with Crippen LogP contribution in [0.3, 0.4) is 0 Å². The van der Waals surface area contributed by atoms with E-state index in [1.54, 1.807) is 17.9 Å². The molecule has 2 atom stereocenters. The third kappa shape index (κ3) is 5.21. The summed E-state index contributed by atoms with van der Waals surface area (Å²) >= 11 is 6.04. The van der Waals surface area contributed by atoms with Crippen molar-refractivity contribution in [1.29, 1.82) is 0 Å². The van der Waals surface area contributed by atoms with Crippen LogP contribution in [0.4, 0.5) is 24.9 Å². The highest BCUT2D eigenvalue weighted by Gasteiger charge is 2.51. The standard InChI is InChI=1S/C19H22ClF3N6O3S/c1-12(20)7-14-11-28(33(31,32)15-3-4-16(24)25-10-15)5-6-29(14)17-26-8-13(9-27-17)18(2,30)19(21,22)23/h3-4,7-10,14,30H,5-6,11H2,1-2H3,(H2,24,25)/t14-,18-/m0/s1. The fourth-order valence-corrected chi connectivity index (χ4v) is 4.78. The molecule has 0 bridgehead atoms. The summed E-state index contributed by atoms with van der Waals surface area (Å²) in [7, 11) is -3.88. The number of nitrogen functional groups attached to an aromatic ring is 1. The van der Waals surface area contributed by atoms with Gasteiger partial charge >= 0.3 is 6.18 Å². The Morgan fingerprint density at radius 1 is 1.21 bits per heavy atom. The predicted octanol–water partition coefficient (Wildman–Crippen LogP) is 2.25. The lowest BCUT2D eigenvalue weighted by Gasteiger charge is -2.39. The van der Waals surface area contributed by atoms with Crippen LogP contribution >= 0.6 is 11.6 Å². The lowest BCUT2D eigenvalue weighted by Crippen LogP contribution is -2.54. The molecular weight excluding hydrogens is 485 g/mol. The summed E-state index contributed by atoms with van der Waals surface area (Å²) in [6.45, 7) is 2.42. The summed E-state index contributed by atoms with van der Waals surface area (Å²) in [6, 6.07) is 2.15. The summed E-state index contributed by atoms with van der Waals surface area (Å²) in [4.78, 5) is 13.4. The Labute approximate surface area is 193 Å². The summed E-state index contributed by atoms with van der Waals surface area (Å²) in [5, 5.41) is 10.2. The van der Waals surface area contributed by atoms with Crippen molar-refractivity contribution in [1.82, 2.24) is 19.3 Å². The minimum atomic E-state index is -4.91. The van der Waals surface area contributed by atoms with Gasteiger partial charge in [-0.1, -0.05) is 11.6 Å². The Hall–Kier alpha value is -2.48. The van der Waals surface area contributed by atoms with E-state index in [0.717, 1.165) is 12.4 Å². The fourth-order valence-electron chi connectivity index (χ4n) is 3.24. The second-order valence-electron chi connectivity index (χ2n) is 7.64. The van der Waals surface area contributed by atoms with Crippen LogP contribution in [0.25, 0.3) is 0 Å². The third-order valence-electron chi connectivity index (χ3n) is 5.21. The van der Waals surface area contributed by atoms with E-state index in [-0.39, 0.29) is 36.3 Å². The lowest BCUT2D eigenvalue weighted by atomic mass is 9.99. The predicted molar refractivity (Wildman–Crippen MR) is 116 cm³/mol. The second-order valence-corrected chi connectivity index (χ2v) is 10.2. The Kier molecular flexibility index (Phi) is 6.89. The monoisotopic (exact) mass is 506 g/mol. The van der Waals surface area contributed by atoms with Crippen molar-refractivity contribution < 1.29 is 26.7 Å². The third-order valence-corrected chi connectivity index (χ3v) is 7.18. The Morgan fingerprint density at radius 3 is 2.36 bits per heavy atom. The first-order valence-corrected chi connectivity index (χ1v) is 11.5. The van der Waals surface area contributed by atoms with Crippen molar-refractivity contribution in [3.8, 4) is 0 Å². The van der Waals surface area contributed by atoms with Gasteiger partial charge in [0.1, 0.15) is 10.7 Å². The Balaban J connectivity index is 1.88. The van der Waals surface area contributed by atoms with Gasteiger partial charge in [0.2, 0.25) is 16.0 Å². The van der Waals surface area contributed by atoms with Crippen LogP contribution in [-0.2, 0) is 15.6 Å². The molecule has 1 aliphatic heterocycles. The first-order chi connectivity index (χ1) is 15.2. The molecule has 0 spiro atoms. The van der Waals surface area contributed by atoms with Crippen molar-refractivity contribution in [3.05, 3.63) is 47.4 Å². The number of nitrogens with zero attached hydrogens (tertiary/aromatic N) is 5. The van der Waals surface area contributed by atoms with Crippen LogP contribution in [0.5, 0.6) is 0 Å². The molecule has 2 aromatic rings. The smallest absolute Gasteiger partial charge is 0.384 e. The van der Waals surface area contributed by atoms with E-state index in [0.29, 0.717) is 12.0 Å². The van der Waals surface area contributed by atoms with Crippen LogP contribution in [0.15, 0.2) is 46.7 Å². The van der Waals surface area contributed by atoms with Gasteiger partial charge in [-0.15, -0.1) is 0 Å². The highest BCUT2D eigenvalue weighted by molar-refractivity contribution is 7.89. The average Bonchev–Trinajstić information content (AvgIpc) is 2.73. The van der Waals surface area contributed by atoms with Crippen molar-refractivity contribution in [3.63, 3.8) is 0 Å². The molecule has 0 unspecified atom stereocenters. The van der Waals surface area contributed by atoms with E-state index < -0.39 is 33.4 Å². The fraction of sp³-hybridized carbons (Fsp3) is 0.421. The van der Waals surface area contributed by atoms with Gasteiger partial charge in [-0.25, -0.2) is 23.4 Å². The number of hydrogen-bond acceptors (Lipinski definition) is 8. The summed E-state index contributed by atoms with van der Waals surface area (Å²) < 4.78 is 66.6. The number of hydrogen-bond donors (Lipinski definition) is 2. The minimum Gasteiger partial charge on any atom is -0.384 e. The molecule has 0 amide bonds.